The van der Waals surface area contributed by atoms with E-state index in [2.05, 4.69) is 27.0 Å². The van der Waals surface area contributed by atoms with Gasteiger partial charge in [-0.05, 0) is 50.0 Å². The van der Waals surface area contributed by atoms with Crippen molar-refractivity contribution in [3.8, 4) is 11.5 Å². The number of anilines is 2. The van der Waals surface area contributed by atoms with Crippen LogP contribution in [-0.2, 0) is 6.54 Å². The number of nitrogens with two attached hydrogens (primary N) is 2. The minimum atomic E-state index is 0.176. The van der Waals surface area contributed by atoms with Crippen LogP contribution >= 0.6 is 0 Å². The first-order valence-electron chi connectivity index (χ1n) is 9.93. The van der Waals surface area contributed by atoms with Crippen LogP contribution in [0.25, 0.3) is 10.9 Å². The molecule has 2 heterocycles. The number of piperidine rings is 1. The first kappa shape index (κ1) is 19.3. The zero-order valence-electron chi connectivity index (χ0n) is 16.7. The molecule has 0 spiro atoms. The van der Waals surface area contributed by atoms with Crippen LogP contribution in [0.5, 0.6) is 11.5 Å². The minimum Gasteiger partial charge on any atom is -0.496 e. The van der Waals surface area contributed by atoms with Crippen LogP contribution in [0.2, 0.25) is 0 Å². The lowest BCUT2D eigenvalue weighted by molar-refractivity contribution is 0.136. The van der Waals surface area contributed by atoms with Gasteiger partial charge in [0.1, 0.15) is 17.3 Å². The molecule has 0 bridgehead atoms. The standard InChI is InChI=1S/C22H27N5O2/c1-28-18-7-3-2-5-16(18)13-27-11-9-15(10-12-27)14-29-19-8-4-6-17-20(19)21(23)26-22(24)25-17/h2-8,15H,9-14H2,1H3,(H4,23,24,25,26). The largest absolute Gasteiger partial charge is 0.496 e. The number of nitrogens with zero attached hydrogens (tertiary/aromatic N) is 3. The van der Waals surface area contributed by atoms with Crippen molar-refractivity contribution >= 4 is 22.7 Å². The van der Waals surface area contributed by atoms with E-state index in [4.69, 9.17) is 20.9 Å². The Morgan fingerprint density at radius 2 is 1.76 bits per heavy atom. The van der Waals surface area contributed by atoms with Gasteiger partial charge in [0.05, 0.1) is 24.6 Å². The molecule has 1 fully saturated rings. The normalized spacial score (nSPS) is 15.5. The molecule has 1 aliphatic rings. The smallest absolute Gasteiger partial charge is 0.222 e. The summed E-state index contributed by atoms with van der Waals surface area (Å²) >= 11 is 0. The third-order valence-corrected chi connectivity index (χ3v) is 5.50. The van der Waals surface area contributed by atoms with Gasteiger partial charge in [-0.2, -0.15) is 4.98 Å². The number of hydrogen-bond acceptors (Lipinski definition) is 7. The van der Waals surface area contributed by atoms with Gasteiger partial charge in [0.25, 0.3) is 0 Å². The number of ether oxygens (including phenoxy) is 2. The third-order valence-electron chi connectivity index (χ3n) is 5.50. The van der Waals surface area contributed by atoms with Crippen molar-refractivity contribution in [3.63, 3.8) is 0 Å². The molecule has 0 unspecified atom stereocenters. The minimum absolute atomic E-state index is 0.176. The molecule has 3 aromatic rings. The molecule has 4 rings (SSSR count). The summed E-state index contributed by atoms with van der Waals surface area (Å²) in [5.74, 6) is 2.71. The van der Waals surface area contributed by atoms with Crippen LogP contribution in [0, 0.1) is 5.92 Å². The van der Waals surface area contributed by atoms with E-state index >= 15 is 0 Å². The van der Waals surface area contributed by atoms with E-state index in [1.807, 2.05) is 30.3 Å². The van der Waals surface area contributed by atoms with Gasteiger partial charge in [0.2, 0.25) is 5.95 Å². The van der Waals surface area contributed by atoms with Gasteiger partial charge < -0.3 is 20.9 Å². The van der Waals surface area contributed by atoms with E-state index in [1.165, 1.54) is 5.56 Å². The highest BCUT2D eigenvalue weighted by Crippen LogP contribution is 2.30. The maximum atomic E-state index is 6.13. The fourth-order valence-corrected chi connectivity index (χ4v) is 3.91. The number of para-hydroxylation sites is 1. The Hall–Kier alpha value is -3.06. The molecule has 7 heteroatoms. The Labute approximate surface area is 170 Å². The van der Waals surface area contributed by atoms with Crippen LogP contribution < -0.4 is 20.9 Å². The molecule has 0 saturated carbocycles. The van der Waals surface area contributed by atoms with Crippen LogP contribution in [0.4, 0.5) is 11.8 Å². The molecular weight excluding hydrogens is 366 g/mol. The summed E-state index contributed by atoms with van der Waals surface area (Å²) in [6.07, 6.45) is 2.19. The number of fused-ring (bicyclic) bond motifs is 1. The molecule has 2 aromatic carbocycles. The molecule has 152 valence electrons. The predicted octanol–water partition coefficient (Wildman–Crippen LogP) is 3.09. The van der Waals surface area contributed by atoms with Gasteiger partial charge in [0.15, 0.2) is 0 Å². The molecule has 0 aliphatic carbocycles. The summed E-state index contributed by atoms with van der Waals surface area (Å²) in [5.41, 5.74) is 13.7. The number of likely N-dealkylation sites (tertiary alicyclic amines) is 1. The van der Waals surface area contributed by atoms with Crippen molar-refractivity contribution < 1.29 is 9.47 Å². The maximum Gasteiger partial charge on any atom is 0.222 e. The first-order valence-corrected chi connectivity index (χ1v) is 9.93. The average molecular weight is 393 g/mol. The number of hydrogen-bond donors (Lipinski definition) is 2. The number of methoxy groups -OCH3 is 1. The SMILES string of the molecule is COc1ccccc1CN1CCC(COc2cccc3nc(N)nc(N)c23)CC1. The van der Waals surface area contributed by atoms with E-state index in [-0.39, 0.29) is 5.95 Å². The lowest BCUT2D eigenvalue weighted by atomic mass is 9.97. The van der Waals surface area contributed by atoms with Crippen molar-refractivity contribution in [2.24, 2.45) is 5.92 Å². The maximum absolute atomic E-state index is 6.13. The zero-order chi connectivity index (χ0) is 20.2. The number of rotatable bonds is 6. The molecule has 1 saturated heterocycles. The van der Waals surface area contributed by atoms with Crippen LogP contribution in [0.3, 0.4) is 0 Å². The van der Waals surface area contributed by atoms with Crippen LogP contribution in [0.15, 0.2) is 42.5 Å². The van der Waals surface area contributed by atoms with Crippen molar-refractivity contribution in [2.75, 3.05) is 38.3 Å². The molecule has 1 aliphatic heterocycles. The van der Waals surface area contributed by atoms with Gasteiger partial charge in [-0.3, -0.25) is 4.90 Å². The summed E-state index contributed by atoms with van der Waals surface area (Å²) in [5, 5.41) is 0.732. The van der Waals surface area contributed by atoms with Gasteiger partial charge in [-0.1, -0.05) is 24.3 Å². The Morgan fingerprint density at radius 1 is 1.00 bits per heavy atom. The van der Waals surface area contributed by atoms with Gasteiger partial charge in [0, 0.05) is 12.1 Å². The highest BCUT2D eigenvalue weighted by Gasteiger charge is 2.21. The summed E-state index contributed by atoms with van der Waals surface area (Å²) in [7, 11) is 1.72. The summed E-state index contributed by atoms with van der Waals surface area (Å²) < 4.78 is 11.6. The Kier molecular flexibility index (Phi) is 5.67. The zero-order valence-corrected chi connectivity index (χ0v) is 16.7. The number of benzene rings is 2. The van der Waals surface area contributed by atoms with E-state index in [0.29, 0.717) is 23.9 Å². The second-order valence-corrected chi connectivity index (χ2v) is 7.46. The van der Waals surface area contributed by atoms with Crippen molar-refractivity contribution in [1.82, 2.24) is 14.9 Å². The van der Waals surface area contributed by atoms with E-state index in [1.54, 1.807) is 7.11 Å². The van der Waals surface area contributed by atoms with E-state index < -0.39 is 0 Å². The first-order chi connectivity index (χ1) is 14.1. The average Bonchev–Trinajstić information content (AvgIpc) is 2.73. The monoisotopic (exact) mass is 393 g/mol. The fraction of sp³-hybridized carbons (Fsp3) is 0.364. The molecule has 4 N–H and O–H groups in total. The van der Waals surface area contributed by atoms with Crippen molar-refractivity contribution in [2.45, 2.75) is 19.4 Å². The summed E-state index contributed by atoms with van der Waals surface area (Å²) in [6, 6.07) is 13.9. The van der Waals surface area contributed by atoms with E-state index in [9.17, 15) is 0 Å². The fourth-order valence-electron chi connectivity index (χ4n) is 3.91. The highest BCUT2D eigenvalue weighted by molar-refractivity contribution is 5.94. The Balaban J connectivity index is 1.34. The molecule has 29 heavy (non-hydrogen) atoms. The topological polar surface area (TPSA) is 99.5 Å². The molecule has 0 atom stereocenters. The molecule has 0 amide bonds. The third kappa shape index (κ3) is 4.35. The summed E-state index contributed by atoms with van der Waals surface area (Å²) in [6.45, 7) is 3.66. The Morgan fingerprint density at radius 3 is 2.55 bits per heavy atom. The van der Waals surface area contributed by atoms with Gasteiger partial charge in [-0.25, -0.2) is 4.98 Å². The van der Waals surface area contributed by atoms with Crippen molar-refractivity contribution in [3.05, 3.63) is 48.0 Å². The molecular formula is C22H27N5O2. The predicted molar refractivity (Wildman–Crippen MR) is 115 cm³/mol. The second kappa shape index (κ2) is 8.53. The number of aromatic nitrogens is 2. The molecule has 7 nitrogen and oxygen atoms in total. The van der Waals surface area contributed by atoms with Gasteiger partial charge in [-0.15, -0.1) is 0 Å². The van der Waals surface area contributed by atoms with Gasteiger partial charge >= 0.3 is 0 Å². The molecule has 0 radical (unpaired) electrons. The van der Waals surface area contributed by atoms with Crippen LogP contribution in [-0.4, -0.2) is 41.7 Å². The second-order valence-electron chi connectivity index (χ2n) is 7.46. The van der Waals surface area contributed by atoms with Crippen LogP contribution in [0.1, 0.15) is 18.4 Å². The van der Waals surface area contributed by atoms with E-state index in [0.717, 1.165) is 49.4 Å². The quantitative estimate of drug-likeness (QED) is 0.664. The number of nitrogen functional groups attached to an aromatic ring is 2. The lowest BCUT2D eigenvalue weighted by Crippen LogP contribution is -2.35. The molecule has 1 aromatic heterocycles. The highest BCUT2D eigenvalue weighted by atomic mass is 16.5. The van der Waals surface area contributed by atoms with Crippen molar-refractivity contribution in [1.29, 1.82) is 0 Å². The summed E-state index contributed by atoms with van der Waals surface area (Å²) in [4.78, 5) is 10.8. The Bertz CT molecular complexity index is 986. The lowest BCUT2D eigenvalue weighted by Gasteiger charge is -2.32.